The van der Waals surface area contributed by atoms with E-state index >= 15 is 0 Å². The Labute approximate surface area is 61.1 Å². The highest BCUT2D eigenvalue weighted by atomic mass is 16.4. The number of carboxylic acids is 1. The third-order valence-corrected chi connectivity index (χ3v) is 0.839. The molecule has 7 nitrogen and oxygen atoms in total. The van der Waals surface area contributed by atoms with Gasteiger partial charge in [-0.2, -0.15) is 0 Å². The largest absolute Gasteiger partial charge is 0.475 e. The van der Waals surface area contributed by atoms with Gasteiger partial charge in [0.15, 0.2) is 0 Å². The van der Waals surface area contributed by atoms with Crippen molar-refractivity contribution in [3.05, 3.63) is 12.4 Å². The van der Waals surface area contributed by atoms with Gasteiger partial charge in [-0.15, -0.1) is 15.0 Å². The van der Waals surface area contributed by atoms with E-state index in [4.69, 9.17) is 10.8 Å². The lowest BCUT2D eigenvalue weighted by molar-refractivity contribution is -0.129. The number of rotatable bonds is 1. The third kappa shape index (κ3) is 1.75. The summed E-state index contributed by atoms with van der Waals surface area (Å²) >= 11 is 0. The monoisotopic (exact) mass is 155 g/mol. The van der Waals surface area contributed by atoms with E-state index in [0.717, 1.165) is 4.79 Å². The Morgan fingerprint density at radius 1 is 1.73 bits per heavy atom. The summed E-state index contributed by atoms with van der Waals surface area (Å²) in [6, 6.07) is 0. The SMILES string of the molecule is N/C(=N\n1ccnn1)C(=O)O. The van der Waals surface area contributed by atoms with Crippen LogP contribution in [0.3, 0.4) is 0 Å². The van der Waals surface area contributed by atoms with E-state index in [1.165, 1.54) is 12.4 Å². The summed E-state index contributed by atoms with van der Waals surface area (Å²) in [5.41, 5.74) is 4.97. The first-order valence-corrected chi connectivity index (χ1v) is 2.64. The number of hydrogen-bond donors (Lipinski definition) is 2. The minimum Gasteiger partial charge on any atom is -0.475 e. The molecule has 0 aliphatic heterocycles. The molecule has 0 fully saturated rings. The van der Waals surface area contributed by atoms with Crippen molar-refractivity contribution in [3.8, 4) is 0 Å². The van der Waals surface area contributed by atoms with Crippen molar-refractivity contribution in [2.45, 2.75) is 0 Å². The van der Waals surface area contributed by atoms with Crippen LogP contribution >= 0.6 is 0 Å². The quantitative estimate of drug-likeness (QED) is 0.378. The lowest BCUT2D eigenvalue weighted by Crippen LogP contribution is -2.24. The molecule has 0 aliphatic carbocycles. The van der Waals surface area contributed by atoms with E-state index in [9.17, 15) is 4.79 Å². The van der Waals surface area contributed by atoms with E-state index < -0.39 is 11.8 Å². The number of nitrogens with zero attached hydrogens (tertiary/aromatic N) is 4. The van der Waals surface area contributed by atoms with Crippen LogP contribution in [0, 0.1) is 0 Å². The van der Waals surface area contributed by atoms with Gasteiger partial charge in [-0.3, -0.25) is 0 Å². The average Bonchev–Trinajstić information content (AvgIpc) is 2.39. The predicted molar refractivity (Wildman–Crippen MR) is 34.7 cm³/mol. The van der Waals surface area contributed by atoms with Crippen molar-refractivity contribution >= 4 is 11.8 Å². The van der Waals surface area contributed by atoms with Crippen molar-refractivity contribution in [3.63, 3.8) is 0 Å². The Hall–Kier alpha value is -1.92. The molecule has 1 aromatic rings. The van der Waals surface area contributed by atoms with Gasteiger partial charge in [-0.1, -0.05) is 0 Å². The van der Waals surface area contributed by atoms with Crippen LogP contribution in [0.5, 0.6) is 0 Å². The van der Waals surface area contributed by atoms with Crippen molar-refractivity contribution in [2.75, 3.05) is 0 Å². The second kappa shape index (κ2) is 2.78. The number of aromatic nitrogens is 3. The highest BCUT2D eigenvalue weighted by molar-refractivity contribution is 6.33. The second-order valence-corrected chi connectivity index (χ2v) is 1.61. The number of aliphatic carboxylic acids is 1. The highest BCUT2D eigenvalue weighted by Gasteiger charge is 2.02. The zero-order chi connectivity index (χ0) is 8.27. The highest BCUT2D eigenvalue weighted by Crippen LogP contribution is 1.78. The van der Waals surface area contributed by atoms with Crippen LogP contribution in [0.4, 0.5) is 0 Å². The smallest absolute Gasteiger partial charge is 0.373 e. The molecule has 0 spiro atoms. The Kier molecular flexibility index (Phi) is 1.81. The standard InChI is InChI=1S/C4H5N5O2/c5-3(4(10)11)7-9-2-1-6-8-9/h1-2H,(H2,5,7)(H,10,11). The normalized spacial score (nSPS) is 11.5. The summed E-state index contributed by atoms with van der Waals surface area (Å²) in [7, 11) is 0. The molecule has 0 atom stereocenters. The van der Waals surface area contributed by atoms with Crippen LogP contribution < -0.4 is 5.73 Å². The molecule has 0 aliphatic rings. The molecule has 0 bridgehead atoms. The van der Waals surface area contributed by atoms with Crippen molar-refractivity contribution in [1.82, 2.24) is 15.1 Å². The van der Waals surface area contributed by atoms with Crippen molar-refractivity contribution in [1.29, 1.82) is 0 Å². The van der Waals surface area contributed by atoms with Gasteiger partial charge in [0.05, 0.1) is 12.4 Å². The van der Waals surface area contributed by atoms with Gasteiger partial charge in [-0.25, -0.2) is 4.79 Å². The summed E-state index contributed by atoms with van der Waals surface area (Å²) in [6.45, 7) is 0. The van der Waals surface area contributed by atoms with Gasteiger partial charge >= 0.3 is 5.97 Å². The Balaban J connectivity index is 2.82. The summed E-state index contributed by atoms with van der Waals surface area (Å²) in [6.07, 6.45) is 2.73. The molecule has 7 heteroatoms. The summed E-state index contributed by atoms with van der Waals surface area (Å²) in [5.74, 6) is -1.82. The molecule has 0 saturated heterocycles. The fourth-order valence-corrected chi connectivity index (χ4v) is 0.408. The molecule has 1 heterocycles. The molecular formula is C4H5N5O2. The number of amidine groups is 1. The maximum absolute atomic E-state index is 10.1. The average molecular weight is 155 g/mol. The lowest BCUT2D eigenvalue weighted by atomic mass is 10.6. The molecule has 1 aromatic heterocycles. The zero-order valence-electron chi connectivity index (χ0n) is 5.38. The van der Waals surface area contributed by atoms with Crippen LogP contribution in [-0.4, -0.2) is 32.0 Å². The number of carboxylic acid groups (broad SMARTS) is 1. The molecule has 3 N–H and O–H groups in total. The van der Waals surface area contributed by atoms with Crippen molar-refractivity contribution in [2.24, 2.45) is 10.8 Å². The number of nitrogens with two attached hydrogens (primary N) is 1. The fraction of sp³-hybridized carbons (Fsp3) is 0. The molecule has 11 heavy (non-hydrogen) atoms. The van der Waals surface area contributed by atoms with Gasteiger partial charge in [0.2, 0.25) is 5.84 Å². The molecule has 0 radical (unpaired) electrons. The minimum absolute atomic E-state index is 0.532. The van der Waals surface area contributed by atoms with Crippen molar-refractivity contribution < 1.29 is 9.90 Å². The first-order valence-electron chi connectivity index (χ1n) is 2.64. The van der Waals surface area contributed by atoms with Crippen LogP contribution in [0.1, 0.15) is 0 Å². The number of hydrogen-bond acceptors (Lipinski definition) is 4. The minimum atomic E-state index is -1.29. The van der Waals surface area contributed by atoms with Crippen LogP contribution in [0.15, 0.2) is 17.5 Å². The van der Waals surface area contributed by atoms with Crippen LogP contribution in [-0.2, 0) is 4.79 Å². The van der Waals surface area contributed by atoms with Gasteiger partial charge in [0.1, 0.15) is 0 Å². The molecule has 0 aromatic carbocycles. The number of carbonyl (C=O) groups is 1. The molecule has 0 amide bonds. The summed E-state index contributed by atoms with van der Waals surface area (Å²) < 4.78 is 0. The molecule has 0 unspecified atom stereocenters. The Morgan fingerprint density at radius 3 is 2.91 bits per heavy atom. The molecular weight excluding hydrogens is 150 g/mol. The Morgan fingerprint density at radius 2 is 2.45 bits per heavy atom. The van der Waals surface area contributed by atoms with E-state index in [0.29, 0.717) is 0 Å². The fourth-order valence-electron chi connectivity index (χ4n) is 0.408. The van der Waals surface area contributed by atoms with E-state index in [2.05, 4.69) is 15.4 Å². The molecule has 1 rings (SSSR count). The van der Waals surface area contributed by atoms with Gasteiger partial charge < -0.3 is 10.8 Å². The Bertz CT molecular complexity index is 277. The van der Waals surface area contributed by atoms with Gasteiger partial charge in [0.25, 0.3) is 0 Å². The first kappa shape index (κ1) is 7.19. The maximum Gasteiger partial charge on any atom is 0.373 e. The summed E-state index contributed by atoms with van der Waals surface area (Å²) in [5, 5.41) is 18.4. The van der Waals surface area contributed by atoms with Crippen LogP contribution in [0.2, 0.25) is 0 Å². The van der Waals surface area contributed by atoms with E-state index in [-0.39, 0.29) is 0 Å². The second-order valence-electron chi connectivity index (χ2n) is 1.61. The van der Waals surface area contributed by atoms with E-state index in [1.54, 1.807) is 0 Å². The topological polar surface area (TPSA) is 106 Å². The summed E-state index contributed by atoms with van der Waals surface area (Å²) in [4.78, 5) is 11.1. The predicted octanol–water partition coefficient (Wildman–Crippen LogP) is -1.52. The van der Waals surface area contributed by atoms with E-state index in [1.807, 2.05) is 0 Å². The van der Waals surface area contributed by atoms with Gasteiger partial charge in [-0.05, 0) is 5.21 Å². The third-order valence-electron chi connectivity index (χ3n) is 0.839. The zero-order valence-corrected chi connectivity index (χ0v) is 5.38. The van der Waals surface area contributed by atoms with Gasteiger partial charge in [0, 0.05) is 0 Å². The van der Waals surface area contributed by atoms with Crippen LogP contribution in [0.25, 0.3) is 0 Å². The maximum atomic E-state index is 10.1. The molecule has 0 saturated carbocycles. The lowest BCUT2D eigenvalue weighted by Gasteiger charge is -1.90. The molecule has 58 valence electrons. The first-order chi connectivity index (χ1) is 5.20.